The Bertz CT molecular complexity index is 839. The molecule has 9 heteroatoms. The van der Waals surface area contributed by atoms with Gasteiger partial charge in [-0.3, -0.25) is 14.4 Å². The van der Waals surface area contributed by atoms with Crippen LogP contribution in [0, 0.1) is 5.82 Å². The molecule has 3 rings (SSSR count). The molecule has 7 nitrogen and oxygen atoms in total. The van der Waals surface area contributed by atoms with Crippen molar-refractivity contribution >= 4 is 29.3 Å². The number of hydrogen-bond acceptors (Lipinski definition) is 4. The molecular weight excluding hydrogens is 399 g/mol. The lowest BCUT2D eigenvalue weighted by molar-refractivity contribution is -0.128. The molecule has 1 atom stereocenters. The van der Waals surface area contributed by atoms with Gasteiger partial charge in [-0.2, -0.15) is 0 Å². The first-order valence-electron chi connectivity index (χ1n) is 9.03. The first-order valence-corrected chi connectivity index (χ1v) is 9.41. The Labute approximate surface area is 172 Å². The predicted octanol–water partition coefficient (Wildman–Crippen LogP) is 1.48. The molecule has 2 aromatic rings. The van der Waals surface area contributed by atoms with Crippen molar-refractivity contribution in [1.82, 2.24) is 15.1 Å². The smallest absolute Gasteiger partial charge is 0.263 e. The molecule has 1 aliphatic heterocycles. The van der Waals surface area contributed by atoms with E-state index in [4.69, 9.17) is 17.3 Å². The van der Waals surface area contributed by atoms with E-state index in [0.29, 0.717) is 10.6 Å². The first-order chi connectivity index (χ1) is 13.9. The zero-order valence-electron chi connectivity index (χ0n) is 15.5. The van der Waals surface area contributed by atoms with E-state index in [1.807, 2.05) is 0 Å². The van der Waals surface area contributed by atoms with Crippen molar-refractivity contribution in [2.75, 3.05) is 26.2 Å². The molecule has 1 saturated heterocycles. The summed E-state index contributed by atoms with van der Waals surface area (Å²) in [4.78, 5) is 41.3. The summed E-state index contributed by atoms with van der Waals surface area (Å²) >= 11 is 5.88. The number of rotatable bonds is 5. The number of amides is 3. The Hall–Kier alpha value is -2.97. The molecule has 0 aromatic heterocycles. The maximum Gasteiger partial charge on any atom is 0.263 e. The SMILES string of the molecule is NCCNC(=O)C1N(C(=O)c2ccc(F)cc2)CCN1C(=O)c1ccc(Cl)cc1. The number of nitrogens with two attached hydrogens (primary N) is 1. The second-order valence-electron chi connectivity index (χ2n) is 6.46. The molecule has 0 aliphatic carbocycles. The van der Waals surface area contributed by atoms with Crippen molar-refractivity contribution in [3.05, 3.63) is 70.5 Å². The minimum atomic E-state index is -1.14. The van der Waals surface area contributed by atoms with Crippen LogP contribution < -0.4 is 11.1 Å². The third-order valence-corrected chi connectivity index (χ3v) is 4.81. The lowest BCUT2D eigenvalue weighted by atomic mass is 10.1. The van der Waals surface area contributed by atoms with Gasteiger partial charge in [-0.25, -0.2) is 4.39 Å². The molecule has 1 heterocycles. The fourth-order valence-electron chi connectivity index (χ4n) is 3.14. The van der Waals surface area contributed by atoms with E-state index in [1.54, 1.807) is 24.3 Å². The number of nitrogens with zero attached hydrogens (tertiary/aromatic N) is 2. The molecule has 0 bridgehead atoms. The van der Waals surface area contributed by atoms with Gasteiger partial charge in [-0.1, -0.05) is 11.6 Å². The monoisotopic (exact) mass is 418 g/mol. The topological polar surface area (TPSA) is 95.7 Å². The summed E-state index contributed by atoms with van der Waals surface area (Å²) in [5.74, 6) is -1.85. The molecule has 3 N–H and O–H groups in total. The van der Waals surface area contributed by atoms with E-state index in [1.165, 1.54) is 34.1 Å². The average Bonchev–Trinajstić information content (AvgIpc) is 3.17. The number of benzene rings is 2. The summed E-state index contributed by atoms with van der Waals surface area (Å²) in [5.41, 5.74) is 6.03. The van der Waals surface area contributed by atoms with Crippen LogP contribution in [0.4, 0.5) is 4.39 Å². The molecule has 3 amide bonds. The molecule has 2 aromatic carbocycles. The molecule has 152 valence electrons. The maximum absolute atomic E-state index is 13.2. The van der Waals surface area contributed by atoms with Crippen molar-refractivity contribution in [1.29, 1.82) is 0 Å². The van der Waals surface area contributed by atoms with Crippen LogP contribution in [-0.4, -0.2) is 59.9 Å². The first kappa shape index (κ1) is 20.8. The largest absolute Gasteiger partial charge is 0.351 e. The Morgan fingerprint density at radius 2 is 1.45 bits per heavy atom. The van der Waals surface area contributed by atoms with Gasteiger partial charge < -0.3 is 20.9 Å². The van der Waals surface area contributed by atoms with E-state index < -0.39 is 29.7 Å². The van der Waals surface area contributed by atoms with Crippen LogP contribution in [0.1, 0.15) is 20.7 Å². The second-order valence-corrected chi connectivity index (χ2v) is 6.90. The number of nitrogens with one attached hydrogen (secondary N) is 1. The standard InChI is InChI=1S/C20H20ClFN4O3/c21-15-5-1-13(2-6-15)19(28)25-11-12-26(18(25)17(27)24-10-9-23)20(29)14-3-7-16(22)8-4-14/h1-8,18H,9-12,23H2,(H,24,27). The zero-order chi connectivity index (χ0) is 21.0. The van der Waals surface area contributed by atoms with Crippen molar-refractivity contribution < 1.29 is 18.8 Å². The molecule has 0 spiro atoms. The van der Waals surface area contributed by atoms with Gasteiger partial charge in [0.25, 0.3) is 17.7 Å². The van der Waals surface area contributed by atoms with Crippen LogP contribution in [0.2, 0.25) is 5.02 Å². The fraction of sp³-hybridized carbons (Fsp3) is 0.250. The third-order valence-electron chi connectivity index (χ3n) is 4.55. The van der Waals surface area contributed by atoms with Gasteiger partial charge in [-0.05, 0) is 48.5 Å². The van der Waals surface area contributed by atoms with E-state index in [2.05, 4.69) is 5.32 Å². The summed E-state index contributed by atoms with van der Waals surface area (Å²) in [6.45, 7) is 0.762. The third kappa shape index (κ3) is 4.55. The van der Waals surface area contributed by atoms with Gasteiger partial charge in [-0.15, -0.1) is 0 Å². The van der Waals surface area contributed by atoms with Gasteiger partial charge in [0.05, 0.1) is 0 Å². The molecule has 29 heavy (non-hydrogen) atoms. The number of carbonyl (C=O) groups excluding carboxylic acids is 3. The normalized spacial score (nSPS) is 16.0. The van der Waals surface area contributed by atoms with E-state index in [-0.39, 0.29) is 31.7 Å². The van der Waals surface area contributed by atoms with Crippen LogP contribution in [0.5, 0.6) is 0 Å². The highest BCUT2D eigenvalue weighted by Crippen LogP contribution is 2.22. The summed E-state index contributed by atoms with van der Waals surface area (Å²) in [6.07, 6.45) is -1.14. The van der Waals surface area contributed by atoms with Crippen LogP contribution in [-0.2, 0) is 4.79 Å². The van der Waals surface area contributed by atoms with Crippen molar-refractivity contribution in [3.8, 4) is 0 Å². The van der Waals surface area contributed by atoms with E-state index in [9.17, 15) is 18.8 Å². The highest BCUT2D eigenvalue weighted by molar-refractivity contribution is 6.30. The van der Waals surface area contributed by atoms with Gasteiger partial charge in [0.15, 0.2) is 6.17 Å². The lowest BCUT2D eigenvalue weighted by Gasteiger charge is -2.29. The Morgan fingerprint density at radius 3 is 1.93 bits per heavy atom. The van der Waals surface area contributed by atoms with Crippen LogP contribution in [0.25, 0.3) is 0 Å². The fourth-order valence-corrected chi connectivity index (χ4v) is 3.27. The highest BCUT2D eigenvalue weighted by atomic mass is 35.5. The van der Waals surface area contributed by atoms with Crippen LogP contribution in [0.3, 0.4) is 0 Å². The van der Waals surface area contributed by atoms with E-state index in [0.717, 1.165) is 0 Å². The zero-order valence-corrected chi connectivity index (χ0v) is 16.2. The molecular formula is C20H20ClFN4O3. The van der Waals surface area contributed by atoms with Crippen LogP contribution >= 0.6 is 11.6 Å². The summed E-state index contributed by atoms with van der Waals surface area (Å²) in [6, 6.07) is 11.3. The van der Waals surface area contributed by atoms with Gasteiger partial charge in [0, 0.05) is 42.3 Å². The minimum Gasteiger partial charge on any atom is -0.351 e. The average molecular weight is 419 g/mol. The lowest BCUT2D eigenvalue weighted by Crippen LogP contribution is -2.54. The van der Waals surface area contributed by atoms with Crippen molar-refractivity contribution in [2.45, 2.75) is 6.17 Å². The molecule has 0 radical (unpaired) electrons. The Kier molecular flexibility index (Phi) is 6.46. The molecule has 1 fully saturated rings. The van der Waals surface area contributed by atoms with Gasteiger partial charge >= 0.3 is 0 Å². The predicted molar refractivity (Wildman–Crippen MR) is 106 cm³/mol. The van der Waals surface area contributed by atoms with Crippen LogP contribution in [0.15, 0.2) is 48.5 Å². The second kappa shape index (κ2) is 9.02. The number of halogens is 2. The van der Waals surface area contributed by atoms with Crippen molar-refractivity contribution in [2.24, 2.45) is 5.73 Å². The quantitative estimate of drug-likeness (QED) is 0.768. The Morgan fingerprint density at radius 1 is 0.966 bits per heavy atom. The summed E-state index contributed by atoms with van der Waals surface area (Å²) in [7, 11) is 0. The van der Waals surface area contributed by atoms with E-state index >= 15 is 0 Å². The molecule has 1 aliphatic rings. The number of hydrogen-bond donors (Lipinski definition) is 2. The Balaban J connectivity index is 1.89. The van der Waals surface area contributed by atoms with Gasteiger partial charge in [0.1, 0.15) is 5.82 Å². The highest BCUT2D eigenvalue weighted by Gasteiger charge is 2.43. The van der Waals surface area contributed by atoms with Gasteiger partial charge in [0.2, 0.25) is 0 Å². The molecule has 1 unspecified atom stereocenters. The minimum absolute atomic E-state index is 0.163. The summed E-state index contributed by atoms with van der Waals surface area (Å²) < 4.78 is 13.2. The maximum atomic E-state index is 13.2. The van der Waals surface area contributed by atoms with Crippen molar-refractivity contribution in [3.63, 3.8) is 0 Å². The molecule has 0 saturated carbocycles. The number of carbonyl (C=O) groups is 3. The summed E-state index contributed by atoms with van der Waals surface area (Å²) in [5, 5.41) is 3.11.